The molecule has 0 atom stereocenters. The van der Waals surface area contributed by atoms with Crippen LogP contribution in [-0.2, 0) is 6.42 Å². The molecule has 8 heteroatoms. The Bertz CT molecular complexity index is 1360. The van der Waals surface area contributed by atoms with Crippen molar-refractivity contribution in [2.75, 3.05) is 5.32 Å². The van der Waals surface area contributed by atoms with Crippen LogP contribution in [0.5, 0.6) is 0 Å². The average Bonchev–Trinajstić information content (AvgIpc) is 3.31. The largest absolute Gasteiger partial charge is 0.323 e. The Morgan fingerprint density at radius 2 is 1.86 bits per heavy atom. The maximum atomic E-state index is 11.9. The number of H-pyrrole nitrogens is 3. The summed E-state index contributed by atoms with van der Waals surface area (Å²) in [7, 11) is 0. The second-order valence-electron chi connectivity index (χ2n) is 6.50. The third-order valence-electron chi connectivity index (χ3n) is 4.69. The predicted molar refractivity (Wildman–Crippen MR) is 109 cm³/mol. The normalized spacial score (nSPS) is 11.3. The molecule has 4 N–H and O–H groups in total. The lowest BCUT2D eigenvalue weighted by Gasteiger charge is -2.08. The molecule has 8 nitrogen and oxygen atoms in total. The van der Waals surface area contributed by atoms with Crippen molar-refractivity contribution in [3.8, 4) is 11.4 Å². The van der Waals surface area contributed by atoms with Gasteiger partial charge in [0.1, 0.15) is 5.82 Å². The molecule has 0 bridgehead atoms. The summed E-state index contributed by atoms with van der Waals surface area (Å²) in [4.78, 5) is 21.2. The van der Waals surface area contributed by atoms with Crippen molar-refractivity contribution in [1.29, 1.82) is 0 Å². The number of anilines is 2. The highest BCUT2D eigenvalue weighted by Gasteiger charge is 2.11. The van der Waals surface area contributed by atoms with Crippen molar-refractivity contribution in [2.45, 2.75) is 13.3 Å². The maximum Gasteiger partial charge on any atom is 0.271 e. The Balaban J connectivity index is 1.59. The maximum absolute atomic E-state index is 11.9. The first-order chi connectivity index (χ1) is 13.7. The van der Waals surface area contributed by atoms with Crippen molar-refractivity contribution in [3.05, 3.63) is 64.6 Å². The van der Waals surface area contributed by atoms with Crippen LogP contribution in [0.25, 0.3) is 33.2 Å². The Hall–Kier alpha value is -3.94. The molecule has 0 fully saturated rings. The number of para-hydroxylation sites is 1. The van der Waals surface area contributed by atoms with Gasteiger partial charge in [0.05, 0.1) is 16.4 Å². The lowest BCUT2D eigenvalue weighted by Crippen LogP contribution is -2.02. The number of nitrogens with zero attached hydrogens (tertiary/aromatic N) is 3. The van der Waals surface area contributed by atoms with E-state index in [-0.39, 0.29) is 5.56 Å². The van der Waals surface area contributed by atoms with Gasteiger partial charge < -0.3 is 5.32 Å². The number of nitrogens with one attached hydrogen (secondary N) is 4. The highest BCUT2D eigenvalue weighted by atomic mass is 16.1. The lowest BCUT2D eigenvalue weighted by molar-refractivity contribution is 1.01. The highest BCUT2D eigenvalue weighted by Crippen LogP contribution is 2.25. The summed E-state index contributed by atoms with van der Waals surface area (Å²) in [5.74, 6) is 1.92. The van der Waals surface area contributed by atoms with E-state index in [0.717, 1.165) is 34.1 Å². The van der Waals surface area contributed by atoms with Gasteiger partial charge in [-0.2, -0.15) is 5.10 Å². The van der Waals surface area contributed by atoms with Gasteiger partial charge in [0.15, 0.2) is 11.6 Å². The number of aromatic nitrogens is 6. The Kier molecular flexibility index (Phi) is 3.68. The number of aryl methyl sites for hydroxylation is 1. The van der Waals surface area contributed by atoms with E-state index in [1.165, 1.54) is 0 Å². The summed E-state index contributed by atoms with van der Waals surface area (Å²) in [6.07, 6.45) is 0.762. The molecule has 0 aliphatic carbocycles. The fourth-order valence-corrected chi connectivity index (χ4v) is 3.22. The van der Waals surface area contributed by atoms with Gasteiger partial charge >= 0.3 is 0 Å². The lowest BCUT2D eigenvalue weighted by atomic mass is 10.1. The van der Waals surface area contributed by atoms with Gasteiger partial charge in [-0.3, -0.25) is 20.1 Å². The van der Waals surface area contributed by atoms with E-state index in [0.29, 0.717) is 22.8 Å². The van der Waals surface area contributed by atoms with E-state index in [1.807, 2.05) is 49.4 Å². The summed E-state index contributed by atoms with van der Waals surface area (Å²) in [6, 6.07) is 15.3. The molecule has 5 rings (SSSR count). The molecule has 0 spiro atoms. The quantitative estimate of drug-likeness (QED) is 0.386. The third-order valence-corrected chi connectivity index (χ3v) is 4.69. The van der Waals surface area contributed by atoms with Crippen LogP contribution in [-0.4, -0.2) is 30.4 Å². The topological polar surface area (TPSA) is 115 Å². The summed E-state index contributed by atoms with van der Waals surface area (Å²) in [5.41, 5.74) is 3.22. The van der Waals surface area contributed by atoms with Gasteiger partial charge in [-0.15, -0.1) is 0 Å². The standard InChI is InChI=1S/C20H17N7O/c1-2-12-10-17(23-19-13-5-3-4-6-15(13)24-26-19)22-18(21-12)11-7-8-16-14(9-11)20(28)27-25-16/h3-10H,2H2,1H3,(H2,25,27,28)(H2,21,22,23,24,26). The molecule has 28 heavy (non-hydrogen) atoms. The molecule has 0 amide bonds. The van der Waals surface area contributed by atoms with E-state index in [2.05, 4.69) is 35.7 Å². The molecule has 0 saturated carbocycles. The molecular formula is C20H17N7O. The molecule has 0 aliphatic rings. The minimum atomic E-state index is -0.162. The average molecular weight is 371 g/mol. The predicted octanol–water partition coefficient (Wildman–Crippen LogP) is 3.50. The minimum absolute atomic E-state index is 0.162. The molecule has 0 unspecified atom stereocenters. The number of aromatic amines is 3. The summed E-state index contributed by atoms with van der Waals surface area (Å²) in [5, 5.41) is 17.6. The van der Waals surface area contributed by atoms with Crippen molar-refractivity contribution < 1.29 is 0 Å². The number of hydrogen-bond donors (Lipinski definition) is 4. The van der Waals surface area contributed by atoms with E-state index < -0.39 is 0 Å². The van der Waals surface area contributed by atoms with Crippen LogP contribution in [0.4, 0.5) is 11.6 Å². The highest BCUT2D eigenvalue weighted by molar-refractivity contribution is 5.91. The van der Waals surface area contributed by atoms with Crippen LogP contribution in [0.2, 0.25) is 0 Å². The van der Waals surface area contributed by atoms with Gasteiger partial charge in [0.25, 0.3) is 5.56 Å². The molecule has 3 aromatic heterocycles. The van der Waals surface area contributed by atoms with Crippen LogP contribution in [0, 0.1) is 0 Å². The van der Waals surface area contributed by atoms with Crippen molar-refractivity contribution in [3.63, 3.8) is 0 Å². The zero-order valence-corrected chi connectivity index (χ0v) is 15.1. The van der Waals surface area contributed by atoms with Crippen molar-refractivity contribution >= 4 is 33.4 Å². The van der Waals surface area contributed by atoms with Gasteiger partial charge in [0, 0.05) is 22.7 Å². The van der Waals surface area contributed by atoms with Gasteiger partial charge in [-0.1, -0.05) is 19.1 Å². The summed E-state index contributed by atoms with van der Waals surface area (Å²) >= 11 is 0. The fourth-order valence-electron chi connectivity index (χ4n) is 3.22. The van der Waals surface area contributed by atoms with E-state index in [1.54, 1.807) is 6.07 Å². The second-order valence-corrected chi connectivity index (χ2v) is 6.50. The van der Waals surface area contributed by atoms with Gasteiger partial charge in [0.2, 0.25) is 0 Å². The van der Waals surface area contributed by atoms with Crippen LogP contribution in [0.1, 0.15) is 12.6 Å². The molecular weight excluding hydrogens is 354 g/mol. The zero-order valence-electron chi connectivity index (χ0n) is 15.1. The Labute approximate surface area is 159 Å². The number of rotatable bonds is 4. The third kappa shape index (κ3) is 2.71. The first-order valence-electron chi connectivity index (χ1n) is 9.00. The number of benzene rings is 2. The van der Waals surface area contributed by atoms with E-state index in [4.69, 9.17) is 0 Å². The molecule has 0 radical (unpaired) electrons. The second kappa shape index (κ2) is 6.34. The van der Waals surface area contributed by atoms with Crippen molar-refractivity contribution in [2.24, 2.45) is 0 Å². The first-order valence-corrected chi connectivity index (χ1v) is 9.00. The van der Waals surface area contributed by atoms with Crippen molar-refractivity contribution in [1.82, 2.24) is 30.4 Å². The Morgan fingerprint density at radius 1 is 0.964 bits per heavy atom. The van der Waals surface area contributed by atoms with E-state index in [9.17, 15) is 4.79 Å². The van der Waals surface area contributed by atoms with Gasteiger partial charge in [-0.05, 0) is 36.8 Å². The minimum Gasteiger partial charge on any atom is -0.323 e. The summed E-state index contributed by atoms with van der Waals surface area (Å²) in [6.45, 7) is 2.04. The molecule has 5 aromatic rings. The van der Waals surface area contributed by atoms with Crippen LogP contribution in [0.3, 0.4) is 0 Å². The first kappa shape index (κ1) is 16.2. The van der Waals surface area contributed by atoms with Gasteiger partial charge in [-0.25, -0.2) is 9.97 Å². The number of fused-ring (bicyclic) bond motifs is 2. The summed E-state index contributed by atoms with van der Waals surface area (Å²) < 4.78 is 0. The molecule has 2 aromatic carbocycles. The van der Waals surface area contributed by atoms with E-state index >= 15 is 0 Å². The fraction of sp³-hybridized carbons (Fsp3) is 0.100. The monoisotopic (exact) mass is 371 g/mol. The smallest absolute Gasteiger partial charge is 0.271 e. The number of hydrogen-bond acceptors (Lipinski definition) is 5. The van der Waals surface area contributed by atoms with Crippen LogP contribution in [0.15, 0.2) is 53.3 Å². The van der Waals surface area contributed by atoms with Crippen LogP contribution >= 0.6 is 0 Å². The Morgan fingerprint density at radius 3 is 2.75 bits per heavy atom. The molecule has 3 heterocycles. The molecule has 138 valence electrons. The molecule has 0 aliphatic heterocycles. The molecule has 0 saturated heterocycles. The zero-order chi connectivity index (χ0) is 19.1. The SMILES string of the molecule is CCc1cc(Nc2n[nH]c3ccccc23)nc(-c2ccc3[nH][nH]c(=O)c3c2)n1. The van der Waals surface area contributed by atoms with Crippen LogP contribution < -0.4 is 10.9 Å².